The van der Waals surface area contributed by atoms with E-state index in [9.17, 15) is 0 Å². The van der Waals surface area contributed by atoms with Crippen LogP contribution in [0.4, 0.5) is 0 Å². The van der Waals surface area contributed by atoms with Crippen molar-refractivity contribution in [2.45, 2.75) is 19.9 Å². The molecule has 0 fully saturated rings. The molecule has 0 radical (unpaired) electrons. The van der Waals surface area contributed by atoms with Crippen LogP contribution >= 0.6 is 11.3 Å². The lowest BCUT2D eigenvalue weighted by Gasteiger charge is -2.11. The number of rotatable bonds is 2. The first-order valence-electron chi connectivity index (χ1n) is 4.89. The van der Waals surface area contributed by atoms with Crippen LogP contribution in [0.2, 0.25) is 0 Å². The third kappa shape index (κ3) is 2.08. The molecule has 2 nitrogen and oxygen atoms in total. The topological polar surface area (TPSA) is 38.9 Å². The Morgan fingerprint density at radius 1 is 1.33 bits per heavy atom. The summed E-state index contributed by atoms with van der Waals surface area (Å²) in [4.78, 5) is 5.39. The highest BCUT2D eigenvalue weighted by molar-refractivity contribution is 7.10. The van der Waals surface area contributed by atoms with Gasteiger partial charge in [0.05, 0.1) is 6.04 Å². The van der Waals surface area contributed by atoms with E-state index in [-0.39, 0.29) is 6.04 Å². The maximum absolute atomic E-state index is 6.20. The van der Waals surface area contributed by atoms with Crippen LogP contribution in [-0.2, 0) is 0 Å². The molecule has 1 atom stereocenters. The van der Waals surface area contributed by atoms with Gasteiger partial charge in [0.25, 0.3) is 0 Å². The Morgan fingerprint density at radius 3 is 2.73 bits per heavy atom. The molecule has 0 aliphatic rings. The van der Waals surface area contributed by atoms with Crippen LogP contribution in [0.25, 0.3) is 0 Å². The summed E-state index contributed by atoms with van der Waals surface area (Å²) in [5.41, 5.74) is 9.69. The molecule has 0 aliphatic carbocycles. The van der Waals surface area contributed by atoms with E-state index in [0.29, 0.717) is 0 Å². The summed E-state index contributed by atoms with van der Waals surface area (Å²) in [7, 11) is 0. The average molecular weight is 218 g/mol. The van der Waals surface area contributed by atoms with Crippen molar-refractivity contribution in [2.24, 2.45) is 5.73 Å². The zero-order valence-electron chi connectivity index (χ0n) is 8.90. The Kier molecular flexibility index (Phi) is 2.84. The van der Waals surface area contributed by atoms with Gasteiger partial charge < -0.3 is 5.73 Å². The molecule has 0 saturated carbocycles. The van der Waals surface area contributed by atoms with E-state index in [1.54, 1.807) is 11.3 Å². The van der Waals surface area contributed by atoms with E-state index in [4.69, 9.17) is 5.73 Å². The lowest BCUT2D eigenvalue weighted by atomic mass is 10.0. The fourth-order valence-electron chi connectivity index (χ4n) is 1.60. The van der Waals surface area contributed by atoms with E-state index in [0.717, 1.165) is 11.1 Å². The molecule has 0 saturated heterocycles. The number of pyridine rings is 1. The summed E-state index contributed by atoms with van der Waals surface area (Å²) in [6.45, 7) is 4.12. The number of aromatic nitrogens is 1. The largest absolute Gasteiger partial charge is 0.320 e. The maximum Gasteiger partial charge on any atom is 0.0663 e. The molecule has 0 spiro atoms. The highest BCUT2D eigenvalue weighted by Gasteiger charge is 2.12. The van der Waals surface area contributed by atoms with Crippen molar-refractivity contribution in [1.29, 1.82) is 0 Å². The quantitative estimate of drug-likeness (QED) is 0.841. The van der Waals surface area contributed by atoms with Crippen molar-refractivity contribution < 1.29 is 0 Å². The number of aryl methyl sites for hydroxylation is 2. The maximum atomic E-state index is 6.20. The summed E-state index contributed by atoms with van der Waals surface area (Å²) in [6.07, 6.45) is 3.69. The smallest absolute Gasteiger partial charge is 0.0663 e. The van der Waals surface area contributed by atoms with E-state index >= 15 is 0 Å². The molecular weight excluding hydrogens is 204 g/mol. The summed E-state index contributed by atoms with van der Waals surface area (Å²) < 4.78 is 0. The SMILES string of the molecule is Cc1cncc(C(N)c2sccc2C)c1. The summed E-state index contributed by atoms with van der Waals surface area (Å²) in [6, 6.07) is 4.15. The summed E-state index contributed by atoms with van der Waals surface area (Å²) in [5.74, 6) is 0. The number of nitrogens with two attached hydrogens (primary N) is 1. The van der Waals surface area contributed by atoms with Gasteiger partial charge in [0.1, 0.15) is 0 Å². The number of thiophene rings is 1. The number of nitrogens with zero attached hydrogens (tertiary/aromatic N) is 1. The first-order chi connectivity index (χ1) is 7.18. The minimum atomic E-state index is -0.0441. The number of hydrogen-bond acceptors (Lipinski definition) is 3. The van der Waals surface area contributed by atoms with Gasteiger partial charge in [-0.25, -0.2) is 0 Å². The van der Waals surface area contributed by atoms with Crippen molar-refractivity contribution in [3.8, 4) is 0 Å². The molecule has 0 bridgehead atoms. The van der Waals surface area contributed by atoms with Gasteiger partial charge in [0.15, 0.2) is 0 Å². The molecule has 2 heterocycles. The molecule has 2 aromatic rings. The van der Waals surface area contributed by atoms with Crippen LogP contribution in [0.5, 0.6) is 0 Å². The zero-order valence-corrected chi connectivity index (χ0v) is 9.71. The van der Waals surface area contributed by atoms with Gasteiger partial charge >= 0.3 is 0 Å². The Labute approximate surface area is 93.8 Å². The van der Waals surface area contributed by atoms with E-state index in [2.05, 4.69) is 29.4 Å². The standard InChI is InChI=1S/C12H14N2S/c1-8-5-10(7-14-6-8)11(13)12-9(2)3-4-15-12/h3-7,11H,13H2,1-2H3. The van der Waals surface area contributed by atoms with E-state index < -0.39 is 0 Å². The van der Waals surface area contributed by atoms with Gasteiger partial charge in [-0.3, -0.25) is 4.98 Å². The fourth-order valence-corrected chi connectivity index (χ4v) is 2.56. The second kappa shape index (κ2) is 4.13. The second-order valence-corrected chi connectivity index (χ2v) is 4.69. The molecule has 2 aromatic heterocycles. The molecule has 3 heteroatoms. The monoisotopic (exact) mass is 218 g/mol. The molecule has 15 heavy (non-hydrogen) atoms. The van der Waals surface area contributed by atoms with Gasteiger partial charge in [0, 0.05) is 17.3 Å². The van der Waals surface area contributed by atoms with Crippen LogP contribution in [-0.4, -0.2) is 4.98 Å². The third-order valence-corrected chi connectivity index (χ3v) is 3.54. The molecule has 2 rings (SSSR count). The van der Waals surface area contributed by atoms with Gasteiger partial charge in [-0.1, -0.05) is 6.07 Å². The highest BCUT2D eigenvalue weighted by Crippen LogP contribution is 2.27. The van der Waals surface area contributed by atoms with E-state index in [1.165, 1.54) is 10.4 Å². The first-order valence-corrected chi connectivity index (χ1v) is 5.77. The van der Waals surface area contributed by atoms with Crippen molar-refractivity contribution >= 4 is 11.3 Å². The molecule has 0 aromatic carbocycles. The van der Waals surface area contributed by atoms with Crippen LogP contribution in [0.15, 0.2) is 29.9 Å². The number of hydrogen-bond donors (Lipinski definition) is 1. The predicted octanol–water partition coefficient (Wildman–Crippen LogP) is 2.81. The minimum absolute atomic E-state index is 0.0441. The molecule has 0 amide bonds. The van der Waals surface area contributed by atoms with Crippen LogP contribution in [0.3, 0.4) is 0 Å². The highest BCUT2D eigenvalue weighted by atomic mass is 32.1. The molecular formula is C12H14N2S. The summed E-state index contributed by atoms with van der Waals surface area (Å²) in [5, 5.41) is 2.08. The van der Waals surface area contributed by atoms with Crippen LogP contribution in [0.1, 0.15) is 27.6 Å². The lowest BCUT2D eigenvalue weighted by Crippen LogP contribution is -2.11. The van der Waals surface area contributed by atoms with Crippen molar-refractivity contribution in [2.75, 3.05) is 0 Å². The lowest BCUT2D eigenvalue weighted by molar-refractivity contribution is 0.873. The average Bonchev–Trinajstić information content (AvgIpc) is 2.63. The second-order valence-electron chi connectivity index (χ2n) is 3.74. The third-order valence-electron chi connectivity index (χ3n) is 2.44. The van der Waals surface area contributed by atoms with Gasteiger partial charge in [-0.05, 0) is 42.0 Å². The van der Waals surface area contributed by atoms with Crippen molar-refractivity contribution in [3.63, 3.8) is 0 Å². The Bertz CT molecular complexity index is 462. The van der Waals surface area contributed by atoms with Crippen LogP contribution in [0, 0.1) is 13.8 Å². The summed E-state index contributed by atoms with van der Waals surface area (Å²) >= 11 is 1.71. The normalized spacial score (nSPS) is 12.7. The molecule has 78 valence electrons. The zero-order chi connectivity index (χ0) is 10.8. The van der Waals surface area contributed by atoms with Gasteiger partial charge in [0.2, 0.25) is 0 Å². The van der Waals surface area contributed by atoms with E-state index in [1.807, 2.05) is 19.3 Å². The van der Waals surface area contributed by atoms with Crippen molar-refractivity contribution in [1.82, 2.24) is 4.98 Å². The fraction of sp³-hybridized carbons (Fsp3) is 0.250. The predicted molar refractivity (Wildman–Crippen MR) is 64.1 cm³/mol. The molecule has 2 N–H and O–H groups in total. The van der Waals surface area contributed by atoms with Gasteiger partial charge in [-0.2, -0.15) is 0 Å². The van der Waals surface area contributed by atoms with Crippen molar-refractivity contribution in [3.05, 3.63) is 51.5 Å². The Hall–Kier alpha value is -1.19. The minimum Gasteiger partial charge on any atom is -0.320 e. The molecule has 0 aliphatic heterocycles. The van der Waals surface area contributed by atoms with Gasteiger partial charge in [-0.15, -0.1) is 11.3 Å². The van der Waals surface area contributed by atoms with Crippen LogP contribution < -0.4 is 5.73 Å². The Balaban J connectivity index is 2.36. The first kappa shape index (κ1) is 10.3. The Morgan fingerprint density at radius 2 is 2.13 bits per heavy atom. The molecule has 1 unspecified atom stereocenters.